The van der Waals surface area contributed by atoms with E-state index in [0.717, 1.165) is 6.42 Å². The van der Waals surface area contributed by atoms with E-state index >= 15 is 0 Å². The van der Waals surface area contributed by atoms with Crippen LogP contribution >= 0.6 is 0 Å². The number of piperazine rings is 1. The summed E-state index contributed by atoms with van der Waals surface area (Å²) in [6, 6.07) is -1.54. The molecule has 1 fully saturated rings. The van der Waals surface area contributed by atoms with Crippen molar-refractivity contribution in [1.29, 1.82) is 0 Å². The van der Waals surface area contributed by atoms with E-state index in [0.29, 0.717) is 18.8 Å². The van der Waals surface area contributed by atoms with Crippen molar-refractivity contribution < 1.29 is 28.7 Å². The van der Waals surface area contributed by atoms with Gasteiger partial charge >= 0.3 is 12.2 Å². The lowest BCUT2D eigenvalue weighted by Gasteiger charge is -2.36. The summed E-state index contributed by atoms with van der Waals surface area (Å²) in [5.74, 6) is -1.04. The molecule has 0 bridgehead atoms. The van der Waals surface area contributed by atoms with Crippen LogP contribution in [0.3, 0.4) is 0 Å². The summed E-state index contributed by atoms with van der Waals surface area (Å²) in [5.41, 5.74) is 4.61. The molecule has 0 aromatic carbocycles. The summed E-state index contributed by atoms with van der Waals surface area (Å²) in [7, 11) is 0. The van der Waals surface area contributed by atoms with E-state index in [2.05, 4.69) is 15.6 Å². The molecule has 1 aliphatic heterocycles. The first-order valence-corrected chi connectivity index (χ1v) is 13.0. The third-order valence-electron chi connectivity index (χ3n) is 5.97. The van der Waals surface area contributed by atoms with Gasteiger partial charge in [0.1, 0.15) is 22.9 Å². The number of hydrogen-bond donors (Lipinski definition) is 2. The average Bonchev–Trinajstić information content (AvgIpc) is 3.27. The zero-order valence-electron chi connectivity index (χ0n) is 23.8. The predicted molar refractivity (Wildman–Crippen MR) is 139 cm³/mol. The maximum Gasteiger partial charge on any atom is 0.410 e. The van der Waals surface area contributed by atoms with E-state index in [1.807, 2.05) is 13.8 Å². The van der Waals surface area contributed by atoms with Gasteiger partial charge in [-0.2, -0.15) is 0 Å². The summed E-state index contributed by atoms with van der Waals surface area (Å²) >= 11 is 0. The van der Waals surface area contributed by atoms with Crippen molar-refractivity contribution in [2.45, 2.75) is 91.5 Å². The number of aromatic nitrogens is 3. The number of carbonyl (C=O) groups excluding carboxylic acids is 4. The first-order valence-electron chi connectivity index (χ1n) is 13.0. The molecule has 4 amide bonds. The van der Waals surface area contributed by atoms with Gasteiger partial charge < -0.3 is 30.3 Å². The summed E-state index contributed by atoms with van der Waals surface area (Å²) < 4.78 is 12.1. The molecule has 2 rings (SSSR count). The highest BCUT2D eigenvalue weighted by molar-refractivity contribution is 5.86. The normalized spacial score (nSPS) is 16.8. The van der Waals surface area contributed by atoms with E-state index in [4.69, 9.17) is 15.2 Å². The number of ether oxygens (including phenoxy) is 2. The summed E-state index contributed by atoms with van der Waals surface area (Å²) in [4.78, 5) is 53.3. The fraction of sp³-hybridized carbons (Fsp3) is 0.760. The molecule has 0 aliphatic carbocycles. The first kappa shape index (κ1) is 30.8. The molecule has 1 aromatic rings. The second-order valence-corrected chi connectivity index (χ2v) is 11.6. The van der Waals surface area contributed by atoms with Gasteiger partial charge in [-0.15, -0.1) is 5.10 Å². The smallest absolute Gasteiger partial charge is 0.410 e. The molecule has 13 heteroatoms. The van der Waals surface area contributed by atoms with Gasteiger partial charge in [-0.1, -0.05) is 25.5 Å². The first-order chi connectivity index (χ1) is 17.5. The Bertz CT molecular complexity index is 989. The highest BCUT2D eigenvalue weighted by Crippen LogP contribution is 2.25. The summed E-state index contributed by atoms with van der Waals surface area (Å²) in [5, 5.41) is 11.2. The SMILES string of the molecule is CC[C@H](C)[C@H](NC(=O)OC(C)(C)C)c1cn([C@@H](CC(N)=O)C(=O)N2CCN(C(=O)OC(C)(C)C)CC2)nn1. The van der Waals surface area contributed by atoms with Crippen LogP contribution in [-0.2, 0) is 19.1 Å². The molecule has 0 unspecified atom stereocenters. The number of hydrogen-bond acceptors (Lipinski definition) is 8. The minimum Gasteiger partial charge on any atom is -0.444 e. The van der Waals surface area contributed by atoms with Gasteiger partial charge in [-0.3, -0.25) is 9.59 Å². The molecule has 3 atom stereocenters. The number of carbonyl (C=O) groups is 4. The van der Waals surface area contributed by atoms with Crippen LogP contribution in [0.1, 0.15) is 86.0 Å². The molecule has 1 saturated heterocycles. The Kier molecular flexibility index (Phi) is 10.1. The fourth-order valence-electron chi connectivity index (χ4n) is 3.89. The van der Waals surface area contributed by atoms with Crippen LogP contribution in [0.2, 0.25) is 0 Å². The van der Waals surface area contributed by atoms with Crippen molar-refractivity contribution in [2.24, 2.45) is 11.7 Å². The van der Waals surface area contributed by atoms with E-state index in [9.17, 15) is 19.2 Å². The van der Waals surface area contributed by atoms with Gasteiger partial charge in [0.25, 0.3) is 0 Å². The van der Waals surface area contributed by atoms with Crippen LogP contribution in [0.25, 0.3) is 0 Å². The fourth-order valence-corrected chi connectivity index (χ4v) is 3.89. The number of nitrogens with zero attached hydrogens (tertiary/aromatic N) is 5. The van der Waals surface area contributed by atoms with Crippen LogP contribution in [-0.4, -0.2) is 86.2 Å². The van der Waals surface area contributed by atoms with E-state index in [1.54, 1.807) is 57.5 Å². The lowest BCUT2D eigenvalue weighted by molar-refractivity contribution is -0.139. The zero-order valence-corrected chi connectivity index (χ0v) is 23.8. The molecule has 0 spiro atoms. The second kappa shape index (κ2) is 12.4. The van der Waals surface area contributed by atoms with Crippen LogP contribution in [0.15, 0.2) is 6.20 Å². The lowest BCUT2D eigenvalue weighted by Crippen LogP contribution is -2.53. The van der Waals surface area contributed by atoms with E-state index < -0.39 is 41.4 Å². The lowest BCUT2D eigenvalue weighted by atomic mass is 9.97. The Hall–Kier alpha value is -3.38. The summed E-state index contributed by atoms with van der Waals surface area (Å²) in [6.07, 6.45) is 0.981. The molecule has 2 heterocycles. The molecule has 1 aromatic heterocycles. The number of rotatable bonds is 8. The molecule has 0 saturated carbocycles. The van der Waals surface area contributed by atoms with Crippen molar-refractivity contribution in [2.75, 3.05) is 26.2 Å². The Morgan fingerprint density at radius 3 is 2.05 bits per heavy atom. The highest BCUT2D eigenvalue weighted by atomic mass is 16.6. The Balaban J connectivity index is 2.19. The maximum absolute atomic E-state index is 13.4. The Morgan fingerprint density at radius 1 is 1.00 bits per heavy atom. The zero-order chi connectivity index (χ0) is 28.8. The second-order valence-electron chi connectivity index (χ2n) is 11.6. The van der Waals surface area contributed by atoms with Crippen molar-refractivity contribution in [3.05, 3.63) is 11.9 Å². The standard InChI is InChI=1S/C25H43N7O6/c1-9-16(2)20(27-22(35)37-24(3,4)5)17-15-32(29-28-17)18(14-19(26)33)21(34)30-10-12-31(13-11-30)23(36)38-25(6,7)8/h15-16,18,20H,9-14H2,1-8H3,(H2,26,33)(H,27,35)/t16-,18-,20-/m0/s1. The molecule has 214 valence electrons. The molecule has 3 N–H and O–H groups in total. The Morgan fingerprint density at radius 2 is 1.55 bits per heavy atom. The molecule has 38 heavy (non-hydrogen) atoms. The molecule has 13 nitrogen and oxygen atoms in total. The molecule has 0 radical (unpaired) electrons. The van der Waals surface area contributed by atoms with Crippen molar-refractivity contribution >= 4 is 24.0 Å². The van der Waals surface area contributed by atoms with Gasteiger partial charge in [0, 0.05) is 26.2 Å². The number of nitrogens with two attached hydrogens (primary N) is 1. The van der Waals surface area contributed by atoms with Crippen LogP contribution in [0, 0.1) is 5.92 Å². The van der Waals surface area contributed by atoms with Gasteiger partial charge in [0.2, 0.25) is 11.8 Å². The molecular formula is C25H43N7O6. The minimum absolute atomic E-state index is 0.0149. The number of alkyl carbamates (subject to hydrolysis) is 1. The molecular weight excluding hydrogens is 494 g/mol. The van der Waals surface area contributed by atoms with Crippen LogP contribution in [0.5, 0.6) is 0 Å². The Labute approximate surface area is 224 Å². The van der Waals surface area contributed by atoms with Gasteiger partial charge in [0.15, 0.2) is 0 Å². The molecule has 1 aliphatic rings. The largest absolute Gasteiger partial charge is 0.444 e. The predicted octanol–water partition coefficient (Wildman–Crippen LogP) is 2.39. The minimum atomic E-state index is -1.01. The van der Waals surface area contributed by atoms with Gasteiger partial charge in [-0.05, 0) is 47.5 Å². The number of nitrogens with one attached hydrogen (secondary N) is 1. The van der Waals surface area contributed by atoms with Gasteiger partial charge in [-0.25, -0.2) is 14.3 Å². The quantitative estimate of drug-likeness (QED) is 0.511. The van der Waals surface area contributed by atoms with Crippen molar-refractivity contribution in [1.82, 2.24) is 30.1 Å². The topological polar surface area (TPSA) is 162 Å². The summed E-state index contributed by atoms with van der Waals surface area (Å²) in [6.45, 7) is 15.8. The maximum atomic E-state index is 13.4. The third kappa shape index (κ3) is 9.18. The van der Waals surface area contributed by atoms with Crippen molar-refractivity contribution in [3.63, 3.8) is 0 Å². The number of primary amides is 1. The highest BCUT2D eigenvalue weighted by Gasteiger charge is 2.34. The van der Waals surface area contributed by atoms with Crippen LogP contribution in [0.4, 0.5) is 9.59 Å². The van der Waals surface area contributed by atoms with E-state index in [-0.39, 0.29) is 31.3 Å². The van der Waals surface area contributed by atoms with Crippen molar-refractivity contribution in [3.8, 4) is 0 Å². The third-order valence-corrected chi connectivity index (χ3v) is 5.97. The number of amides is 4. The van der Waals surface area contributed by atoms with Gasteiger partial charge in [0.05, 0.1) is 18.7 Å². The van der Waals surface area contributed by atoms with E-state index in [1.165, 1.54) is 4.68 Å². The van der Waals surface area contributed by atoms with Crippen LogP contribution < -0.4 is 11.1 Å². The monoisotopic (exact) mass is 537 g/mol. The average molecular weight is 538 g/mol.